The lowest BCUT2D eigenvalue weighted by Gasteiger charge is -2.59. The summed E-state index contributed by atoms with van der Waals surface area (Å²) in [7, 11) is 0. The average molecular weight is 256 g/mol. The Morgan fingerprint density at radius 1 is 1.00 bits per heavy atom. The van der Waals surface area contributed by atoms with E-state index in [2.05, 4.69) is 30.3 Å². The lowest BCUT2D eigenvalue weighted by atomic mass is 9.49. The van der Waals surface area contributed by atoms with Crippen LogP contribution in [-0.2, 0) is 6.42 Å². The Labute approximate surface area is 116 Å². The minimum atomic E-state index is -0.302. The molecule has 4 saturated carbocycles. The number of hydrogen-bond donors (Lipinski definition) is 1. The molecule has 0 amide bonds. The number of benzene rings is 1. The van der Waals surface area contributed by atoms with Gasteiger partial charge in [0.1, 0.15) is 0 Å². The van der Waals surface area contributed by atoms with Crippen molar-refractivity contribution < 1.29 is 5.11 Å². The summed E-state index contributed by atoms with van der Waals surface area (Å²) in [5, 5.41) is 11.0. The Morgan fingerprint density at radius 2 is 1.68 bits per heavy atom. The molecule has 19 heavy (non-hydrogen) atoms. The highest BCUT2D eigenvalue weighted by Crippen LogP contribution is 2.59. The molecule has 1 heteroatoms. The third kappa shape index (κ3) is 2.03. The standard InChI is InChI=1S/C18H24O/c19-18-11-14-8-15(12-18)10-16(9-14)17(18)7-6-13-4-2-1-3-5-13/h1-5,14-17,19H,6-12H2. The zero-order valence-corrected chi connectivity index (χ0v) is 11.6. The maximum atomic E-state index is 11.0. The van der Waals surface area contributed by atoms with E-state index in [1.807, 2.05) is 0 Å². The molecule has 4 aliphatic rings. The second-order valence-electron chi connectivity index (χ2n) is 7.34. The minimum Gasteiger partial charge on any atom is -0.390 e. The third-order valence-electron chi connectivity index (χ3n) is 6.07. The van der Waals surface area contributed by atoms with Gasteiger partial charge in [-0.3, -0.25) is 0 Å². The maximum Gasteiger partial charge on any atom is 0.0683 e. The predicted octanol–water partition coefficient (Wildman–Crippen LogP) is 3.81. The van der Waals surface area contributed by atoms with Crippen LogP contribution in [0.15, 0.2) is 30.3 Å². The van der Waals surface area contributed by atoms with Gasteiger partial charge in [-0.2, -0.15) is 0 Å². The molecule has 0 heterocycles. The van der Waals surface area contributed by atoms with E-state index in [1.54, 1.807) is 0 Å². The highest BCUT2D eigenvalue weighted by Gasteiger charge is 2.55. The van der Waals surface area contributed by atoms with Crippen LogP contribution in [0.3, 0.4) is 0 Å². The van der Waals surface area contributed by atoms with Gasteiger partial charge in [0.15, 0.2) is 0 Å². The van der Waals surface area contributed by atoms with Crippen molar-refractivity contribution in [1.82, 2.24) is 0 Å². The molecular weight excluding hydrogens is 232 g/mol. The van der Waals surface area contributed by atoms with Gasteiger partial charge in [0.2, 0.25) is 0 Å². The zero-order chi connectivity index (χ0) is 12.9. The SMILES string of the molecule is OC12CC3CC(CC(C3)C1CCc1ccccc1)C2. The van der Waals surface area contributed by atoms with E-state index in [0.29, 0.717) is 5.92 Å². The van der Waals surface area contributed by atoms with Crippen LogP contribution in [-0.4, -0.2) is 10.7 Å². The second-order valence-corrected chi connectivity index (χ2v) is 7.34. The van der Waals surface area contributed by atoms with Gasteiger partial charge in [0, 0.05) is 0 Å². The van der Waals surface area contributed by atoms with Gasteiger partial charge in [0.05, 0.1) is 5.60 Å². The molecule has 0 spiro atoms. The first-order chi connectivity index (χ1) is 9.23. The Morgan fingerprint density at radius 3 is 2.32 bits per heavy atom. The van der Waals surface area contributed by atoms with Gasteiger partial charge in [-0.05, 0) is 74.2 Å². The molecule has 0 aromatic heterocycles. The largest absolute Gasteiger partial charge is 0.390 e. The third-order valence-corrected chi connectivity index (χ3v) is 6.07. The monoisotopic (exact) mass is 256 g/mol. The van der Waals surface area contributed by atoms with Crippen molar-refractivity contribution in [2.45, 2.75) is 50.5 Å². The van der Waals surface area contributed by atoms with E-state index in [-0.39, 0.29) is 5.60 Å². The van der Waals surface area contributed by atoms with Gasteiger partial charge in [-0.1, -0.05) is 30.3 Å². The van der Waals surface area contributed by atoms with Crippen molar-refractivity contribution in [3.8, 4) is 0 Å². The molecule has 0 saturated heterocycles. The van der Waals surface area contributed by atoms with Crippen LogP contribution in [0.25, 0.3) is 0 Å². The average Bonchev–Trinajstić information content (AvgIpc) is 2.37. The first-order valence-electron chi connectivity index (χ1n) is 7.99. The molecule has 5 rings (SSSR count). The molecule has 1 N–H and O–H groups in total. The minimum absolute atomic E-state index is 0.302. The van der Waals surface area contributed by atoms with Crippen LogP contribution in [0.2, 0.25) is 0 Å². The van der Waals surface area contributed by atoms with Crippen molar-refractivity contribution in [3.05, 3.63) is 35.9 Å². The Kier molecular flexibility index (Phi) is 2.73. The zero-order valence-electron chi connectivity index (χ0n) is 11.6. The van der Waals surface area contributed by atoms with Gasteiger partial charge in [-0.25, -0.2) is 0 Å². The summed E-state index contributed by atoms with van der Waals surface area (Å²) < 4.78 is 0. The fourth-order valence-corrected chi connectivity index (χ4v) is 5.57. The van der Waals surface area contributed by atoms with Crippen LogP contribution < -0.4 is 0 Å². The number of hydrogen-bond acceptors (Lipinski definition) is 1. The summed E-state index contributed by atoms with van der Waals surface area (Å²) in [6.45, 7) is 0. The maximum absolute atomic E-state index is 11.0. The molecular formula is C18H24O. The van der Waals surface area contributed by atoms with Crippen LogP contribution in [0, 0.1) is 23.7 Å². The highest BCUT2D eigenvalue weighted by molar-refractivity contribution is 5.16. The molecule has 4 aliphatic carbocycles. The normalized spacial score (nSPS) is 43.6. The predicted molar refractivity (Wildman–Crippen MR) is 76.8 cm³/mol. The first-order valence-corrected chi connectivity index (χ1v) is 7.99. The van der Waals surface area contributed by atoms with Crippen molar-refractivity contribution in [2.24, 2.45) is 23.7 Å². The molecule has 3 atom stereocenters. The van der Waals surface area contributed by atoms with Gasteiger partial charge in [0.25, 0.3) is 0 Å². The fourth-order valence-electron chi connectivity index (χ4n) is 5.57. The first kappa shape index (κ1) is 12.0. The van der Waals surface area contributed by atoms with E-state index < -0.39 is 0 Å². The van der Waals surface area contributed by atoms with E-state index in [9.17, 15) is 5.11 Å². The summed E-state index contributed by atoms with van der Waals surface area (Å²) in [5.41, 5.74) is 1.13. The van der Waals surface area contributed by atoms with Gasteiger partial charge < -0.3 is 5.11 Å². The topological polar surface area (TPSA) is 20.2 Å². The Balaban J connectivity index is 1.49. The molecule has 102 valence electrons. The summed E-state index contributed by atoms with van der Waals surface area (Å²) in [4.78, 5) is 0. The van der Waals surface area contributed by atoms with Crippen LogP contribution in [0.1, 0.15) is 44.1 Å². The Hall–Kier alpha value is -0.820. The highest BCUT2D eigenvalue weighted by atomic mass is 16.3. The van der Waals surface area contributed by atoms with Gasteiger partial charge >= 0.3 is 0 Å². The summed E-state index contributed by atoms with van der Waals surface area (Å²) in [5.74, 6) is 3.08. The van der Waals surface area contributed by atoms with E-state index in [1.165, 1.54) is 31.2 Å². The number of aryl methyl sites for hydroxylation is 1. The number of aliphatic hydroxyl groups is 1. The van der Waals surface area contributed by atoms with Crippen molar-refractivity contribution in [1.29, 1.82) is 0 Å². The summed E-state index contributed by atoms with van der Waals surface area (Å²) in [6.07, 6.45) is 8.73. The molecule has 1 aromatic carbocycles. The molecule has 0 aliphatic heterocycles. The molecule has 4 fully saturated rings. The quantitative estimate of drug-likeness (QED) is 0.872. The summed E-state index contributed by atoms with van der Waals surface area (Å²) in [6, 6.07) is 10.8. The molecule has 4 bridgehead atoms. The smallest absolute Gasteiger partial charge is 0.0683 e. The second kappa shape index (κ2) is 4.34. The van der Waals surface area contributed by atoms with E-state index in [0.717, 1.165) is 37.0 Å². The molecule has 1 nitrogen and oxygen atoms in total. The Bertz CT molecular complexity index is 438. The fraction of sp³-hybridized carbons (Fsp3) is 0.667. The van der Waals surface area contributed by atoms with E-state index in [4.69, 9.17) is 0 Å². The lowest BCUT2D eigenvalue weighted by Crippen LogP contribution is -2.57. The van der Waals surface area contributed by atoms with Crippen LogP contribution in [0.4, 0.5) is 0 Å². The summed E-state index contributed by atoms with van der Waals surface area (Å²) >= 11 is 0. The van der Waals surface area contributed by atoms with Crippen molar-refractivity contribution in [3.63, 3.8) is 0 Å². The van der Waals surface area contributed by atoms with Crippen LogP contribution in [0.5, 0.6) is 0 Å². The van der Waals surface area contributed by atoms with Crippen molar-refractivity contribution in [2.75, 3.05) is 0 Å². The van der Waals surface area contributed by atoms with Crippen LogP contribution >= 0.6 is 0 Å². The van der Waals surface area contributed by atoms with Gasteiger partial charge in [-0.15, -0.1) is 0 Å². The van der Waals surface area contributed by atoms with E-state index >= 15 is 0 Å². The molecule has 1 aromatic rings. The number of rotatable bonds is 3. The molecule has 3 unspecified atom stereocenters. The lowest BCUT2D eigenvalue weighted by molar-refractivity contribution is -0.172. The van der Waals surface area contributed by atoms with Crippen molar-refractivity contribution >= 4 is 0 Å². The molecule has 0 radical (unpaired) electrons.